The maximum atomic E-state index is 12.8. The van der Waals surface area contributed by atoms with Crippen molar-refractivity contribution in [1.82, 2.24) is 15.3 Å². The molecule has 0 aliphatic heterocycles. The third-order valence-electron chi connectivity index (χ3n) is 3.95. The zero-order chi connectivity index (χ0) is 18.4. The molecule has 5 aromatic rings. The van der Waals surface area contributed by atoms with Gasteiger partial charge in [-0.05, 0) is 52.1 Å². The second kappa shape index (κ2) is 6.12. The summed E-state index contributed by atoms with van der Waals surface area (Å²) in [4.78, 5) is 4.70. The van der Waals surface area contributed by atoms with Crippen molar-refractivity contribution < 1.29 is 13.0 Å². The van der Waals surface area contributed by atoms with Crippen LogP contribution in [-0.2, 0) is 10.0 Å². The molecule has 7 nitrogen and oxygen atoms in total. The van der Waals surface area contributed by atoms with E-state index >= 15 is 0 Å². The van der Waals surface area contributed by atoms with E-state index in [0.29, 0.717) is 16.0 Å². The fraction of sp³-hybridized carbons (Fsp3) is 0. The van der Waals surface area contributed by atoms with Crippen LogP contribution in [-0.4, -0.2) is 23.7 Å². The first kappa shape index (κ1) is 16.4. The average Bonchev–Trinajstić information content (AvgIpc) is 3.39. The number of hydrogen-bond donors (Lipinski definition) is 1. The van der Waals surface area contributed by atoms with Gasteiger partial charge in [0.2, 0.25) is 0 Å². The summed E-state index contributed by atoms with van der Waals surface area (Å²) in [6.07, 6.45) is 0. The van der Waals surface area contributed by atoms with Crippen LogP contribution in [0.15, 0.2) is 63.4 Å². The van der Waals surface area contributed by atoms with Crippen LogP contribution in [0.1, 0.15) is 0 Å². The van der Waals surface area contributed by atoms with Crippen LogP contribution >= 0.6 is 22.7 Å². The van der Waals surface area contributed by atoms with Gasteiger partial charge in [0.1, 0.15) is 21.0 Å². The highest BCUT2D eigenvalue weighted by atomic mass is 32.2. The molecule has 10 heteroatoms. The van der Waals surface area contributed by atoms with E-state index in [9.17, 15) is 8.42 Å². The van der Waals surface area contributed by atoms with Crippen molar-refractivity contribution >= 4 is 58.9 Å². The Morgan fingerprint density at radius 3 is 2.70 bits per heavy atom. The van der Waals surface area contributed by atoms with Gasteiger partial charge >= 0.3 is 0 Å². The van der Waals surface area contributed by atoms with E-state index in [1.165, 1.54) is 34.8 Å². The smallest absolute Gasteiger partial charge is 0.262 e. The monoisotopic (exact) mass is 414 g/mol. The summed E-state index contributed by atoms with van der Waals surface area (Å²) in [6.45, 7) is 0. The van der Waals surface area contributed by atoms with Crippen LogP contribution in [0.4, 0.5) is 5.00 Å². The van der Waals surface area contributed by atoms with Gasteiger partial charge in [-0.3, -0.25) is 4.72 Å². The molecular weight excluding hydrogens is 404 g/mol. The van der Waals surface area contributed by atoms with Crippen molar-refractivity contribution in [3.63, 3.8) is 0 Å². The molecule has 0 spiro atoms. The molecular formula is C17H10N4O3S3. The van der Waals surface area contributed by atoms with Crippen LogP contribution in [0.3, 0.4) is 0 Å². The highest BCUT2D eigenvalue weighted by Crippen LogP contribution is 2.38. The number of rotatable bonds is 4. The zero-order valence-electron chi connectivity index (χ0n) is 13.5. The molecule has 0 aliphatic rings. The number of para-hydroxylation sites is 1. The molecule has 5 rings (SSSR count). The number of thiophene rings is 1. The predicted molar refractivity (Wildman–Crippen MR) is 106 cm³/mol. The molecule has 0 fully saturated rings. The van der Waals surface area contributed by atoms with Gasteiger partial charge < -0.3 is 0 Å². The normalized spacial score (nSPS) is 12.0. The van der Waals surface area contributed by atoms with E-state index in [1.54, 1.807) is 6.07 Å². The SMILES string of the molecule is O=S(=O)(Nc1sccc1-c1nc2ccccc2s1)c1ccc2nonc2c1. The van der Waals surface area contributed by atoms with Gasteiger partial charge in [0.25, 0.3) is 10.0 Å². The second-order valence-corrected chi connectivity index (χ2v) is 9.30. The predicted octanol–water partition coefficient (Wildman–Crippen LogP) is 4.36. The number of hydrogen-bond acceptors (Lipinski definition) is 8. The minimum atomic E-state index is -3.79. The summed E-state index contributed by atoms with van der Waals surface area (Å²) in [5, 5.41) is 10.5. The van der Waals surface area contributed by atoms with Crippen molar-refractivity contribution in [2.45, 2.75) is 4.90 Å². The van der Waals surface area contributed by atoms with Gasteiger partial charge in [0.05, 0.1) is 15.1 Å². The Morgan fingerprint density at radius 1 is 0.963 bits per heavy atom. The molecule has 0 aliphatic carbocycles. The highest BCUT2D eigenvalue weighted by Gasteiger charge is 2.20. The fourth-order valence-electron chi connectivity index (χ4n) is 2.65. The minimum Gasteiger partial charge on any atom is -0.270 e. The molecule has 3 aromatic heterocycles. The topological polar surface area (TPSA) is 98.0 Å². The first-order chi connectivity index (χ1) is 13.1. The third-order valence-corrected chi connectivity index (χ3v) is 7.33. The van der Waals surface area contributed by atoms with E-state index in [0.717, 1.165) is 20.8 Å². The Balaban J connectivity index is 1.53. The second-order valence-electron chi connectivity index (χ2n) is 5.67. The molecule has 0 amide bonds. The molecule has 27 heavy (non-hydrogen) atoms. The van der Waals surface area contributed by atoms with Crippen molar-refractivity contribution in [3.8, 4) is 10.6 Å². The Hall–Kier alpha value is -2.82. The fourth-order valence-corrected chi connectivity index (χ4v) is 5.86. The summed E-state index contributed by atoms with van der Waals surface area (Å²) in [5.74, 6) is 0. The van der Waals surface area contributed by atoms with E-state index in [4.69, 9.17) is 0 Å². The Kier molecular flexibility index (Phi) is 3.71. The number of benzene rings is 2. The molecule has 0 saturated carbocycles. The van der Waals surface area contributed by atoms with Crippen LogP contribution in [0.5, 0.6) is 0 Å². The van der Waals surface area contributed by atoms with Gasteiger partial charge in [-0.15, -0.1) is 22.7 Å². The zero-order valence-corrected chi connectivity index (χ0v) is 15.9. The molecule has 0 atom stereocenters. The van der Waals surface area contributed by atoms with Gasteiger partial charge in [0, 0.05) is 5.56 Å². The van der Waals surface area contributed by atoms with E-state index in [2.05, 4.69) is 24.6 Å². The number of nitrogens with one attached hydrogen (secondary N) is 1. The van der Waals surface area contributed by atoms with Gasteiger partial charge in [0.15, 0.2) is 0 Å². The number of nitrogens with zero attached hydrogens (tertiary/aromatic N) is 3. The molecule has 3 heterocycles. The summed E-state index contributed by atoms with van der Waals surface area (Å²) in [5.41, 5.74) is 2.53. The maximum Gasteiger partial charge on any atom is 0.262 e. The maximum absolute atomic E-state index is 12.8. The first-order valence-corrected chi connectivity index (χ1v) is 11.0. The molecule has 134 valence electrons. The summed E-state index contributed by atoms with van der Waals surface area (Å²) < 4.78 is 34.0. The molecule has 2 aromatic carbocycles. The lowest BCUT2D eigenvalue weighted by atomic mass is 10.3. The minimum absolute atomic E-state index is 0.0920. The lowest BCUT2D eigenvalue weighted by molar-refractivity contribution is 0.315. The summed E-state index contributed by atoms with van der Waals surface area (Å²) >= 11 is 2.84. The van der Waals surface area contributed by atoms with Crippen molar-refractivity contribution in [3.05, 3.63) is 53.9 Å². The lowest BCUT2D eigenvalue weighted by Gasteiger charge is -2.07. The van der Waals surface area contributed by atoms with Crippen LogP contribution in [0.2, 0.25) is 0 Å². The van der Waals surface area contributed by atoms with Gasteiger partial charge in [-0.1, -0.05) is 12.1 Å². The summed E-state index contributed by atoms with van der Waals surface area (Å²) in [6, 6.07) is 14.1. The summed E-state index contributed by atoms with van der Waals surface area (Å²) in [7, 11) is -3.79. The first-order valence-electron chi connectivity index (χ1n) is 7.79. The van der Waals surface area contributed by atoms with Crippen molar-refractivity contribution in [2.24, 2.45) is 0 Å². The molecule has 0 radical (unpaired) electrons. The Morgan fingerprint density at radius 2 is 1.81 bits per heavy atom. The van der Waals surface area contributed by atoms with Crippen molar-refractivity contribution in [1.29, 1.82) is 0 Å². The number of sulfonamides is 1. The largest absolute Gasteiger partial charge is 0.270 e. The van der Waals surface area contributed by atoms with Gasteiger partial charge in [-0.25, -0.2) is 18.0 Å². The van der Waals surface area contributed by atoms with Crippen LogP contribution in [0.25, 0.3) is 31.8 Å². The lowest BCUT2D eigenvalue weighted by Crippen LogP contribution is -2.12. The van der Waals surface area contributed by atoms with Gasteiger partial charge in [-0.2, -0.15) is 0 Å². The average molecular weight is 414 g/mol. The van der Waals surface area contributed by atoms with E-state index in [1.807, 2.05) is 35.7 Å². The number of fused-ring (bicyclic) bond motifs is 2. The van der Waals surface area contributed by atoms with Crippen molar-refractivity contribution in [2.75, 3.05) is 4.72 Å². The van der Waals surface area contributed by atoms with E-state index in [-0.39, 0.29) is 4.90 Å². The van der Waals surface area contributed by atoms with Crippen LogP contribution < -0.4 is 4.72 Å². The molecule has 1 N–H and O–H groups in total. The highest BCUT2D eigenvalue weighted by molar-refractivity contribution is 7.93. The molecule has 0 unspecified atom stereocenters. The number of thiazole rings is 1. The van der Waals surface area contributed by atoms with E-state index < -0.39 is 10.0 Å². The quantitative estimate of drug-likeness (QED) is 0.469. The number of anilines is 1. The molecule has 0 bridgehead atoms. The third kappa shape index (κ3) is 2.87. The van der Waals surface area contributed by atoms with Crippen LogP contribution in [0, 0.1) is 0 Å². The Bertz CT molecular complexity index is 1350. The number of aromatic nitrogens is 3. The molecule has 0 saturated heterocycles. The Labute approximate surface area is 161 Å². The standard InChI is InChI=1S/C17H10N4O3S3/c22-27(23,10-5-6-12-14(9-10)20-24-19-12)21-17-11(7-8-25-17)16-18-13-3-1-2-4-15(13)26-16/h1-9,21H.